The number of rotatable bonds is 3. The molecule has 0 saturated carbocycles. The number of nitrogens with one attached hydrogen (secondary N) is 1. The van der Waals surface area contributed by atoms with E-state index in [1.165, 1.54) is 55.7 Å². The van der Waals surface area contributed by atoms with Gasteiger partial charge in [-0.05, 0) is 50.0 Å². The lowest BCUT2D eigenvalue weighted by atomic mass is 10.0. The van der Waals surface area contributed by atoms with E-state index in [2.05, 4.69) is 47.4 Å². The molecule has 1 fully saturated rings. The van der Waals surface area contributed by atoms with Crippen molar-refractivity contribution in [3.63, 3.8) is 0 Å². The van der Waals surface area contributed by atoms with Gasteiger partial charge in [-0.1, -0.05) is 12.1 Å². The first kappa shape index (κ1) is 12.9. The minimum atomic E-state index is 0.662. The number of piperidine rings is 1. The molecule has 0 amide bonds. The summed E-state index contributed by atoms with van der Waals surface area (Å²) < 4.78 is 0. The number of anilines is 1. The molecule has 2 aliphatic rings. The van der Waals surface area contributed by atoms with Gasteiger partial charge in [-0.25, -0.2) is 0 Å². The van der Waals surface area contributed by atoms with Gasteiger partial charge < -0.3 is 15.1 Å². The molecule has 0 radical (unpaired) electrons. The number of hydrogen-bond donors (Lipinski definition) is 1. The normalized spacial score (nSPS) is 23.7. The van der Waals surface area contributed by atoms with Crippen LogP contribution in [0.5, 0.6) is 0 Å². The smallest absolute Gasteiger partial charge is 0.0397 e. The average Bonchev–Trinajstić information content (AvgIpc) is 2.78. The molecule has 0 bridgehead atoms. The zero-order chi connectivity index (χ0) is 13.2. The molecule has 104 valence electrons. The summed E-state index contributed by atoms with van der Waals surface area (Å²) in [7, 11) is 4.40. The number of nitrogens with zero attached hydrogens (tertiary/aromatic N) is 2. The van der Waals surface area contributed by atoms with E-state index in [-0.39, 0.29) is 0 Å². The van der Waals surface area contributed by atoms with E-state index >= 15 is 0 Å². The summed E-state index contributed by atoms with van der Waals surface area (Å²) in [4.78, 5) is 4.78. The van der Waals surface area contributed by atoms with Crippen LogP contribution in [-0.4, -0.2) is 44.7 Å². The molecular weight excluding hydrogens is 234 g/mol. The second-order valence-electron chi connectivity index (χ2n) is 6.12. The van der Waals surface area contributed by atoms with Crippen molar-refractivity contribution in [1.29, 1.82) is 0 Å². The highest BCUT2D eigenvalue weighted by Gasteiger charge is 2.18. The van der Waals surface area contributed by atoms with Gasteiger partial charge in [0.05, 0.1) is 0 Å². The van der Waals surface area contributed by atoms with Gasteiger partial charge >= 0.3 is 0 Å². The van der Waals surface area contributed by atoms with Crippen molar-refractivity contribution in [2.45, 2.75) is 31.8 Å². The van der Waals surface area contributed by atoms with Crippen molar-refractivity contribution >= 4 is 5.69 Å². The summed E-state index contributed by atoms with van der Waals surface area (Å²) in [5.41, 5.74) is 4.37. The highest BCUT2D eigenvalue weighted by molar-refractivity contribution is 5.58. The third-order valence-corrected chi connectivity index (χ3v) is 4.49. The first-order chi connectivity index (χ1) is 9.22. The number of fused-ring (bicyclic) bond motifs is 1. The van der Waals surface area contributed by atoms with Crippen LogP contribution < -0.4 is 10.2 Å². The van der Waals surface area contributed by atoms with E-state index in [1.54, 1.807) is 0 Å². The van der Waals surface area contributed by atoms with E-state index in [4.69, 9.17) is 0 Å². The van der Waals surface area contributed by atoms with Crippen LogP contribution in [0.15, 0.2) is 18.2 Å². The lowest BCUT2D eigenvalue weighted by molar-refractivity contribution is 0.226. The Hall–Kier alpha value is -1.06. The summed E-state index contributed by atoms with van der Waals surface area (Å²) in [5, 5.41) is 3.72. The Kier molecular flexibility index (Phi) is 3.76. The minimum Gasteiger partial charge on any atom is -0.374 e. The van der Waals surface area contributed by atoms with E-state index in [1.807, 2.05) is 0 Å². The maximum absolute atomic E-state index is 3.72. The zero-order valence-corrected chi connectivity index (χ0v) is 12.2. The minimum absolute atomic E-state index is 0.662. The van der Waals surface area contributed by atoms with E-state index in [9.17, 15) is 0 Å². The number of benzene rings is 1. The van der Waals surface area contributed by atoms with Gasteiger partial charge in [0.25, 0.3) is 0 Å². The Labute approximate surface area is 116 Å². The Morgan fingerprint density at radius 3 is 3.00 bits per heavy atom. The molecular formula is C16H25N3. The fraction of sp³-hybridized carbons (Fsp3) is 0.625. The monoisotopic (exact) mass is 259 g/mol. The predicted molar refractivity (Wildman–Crippen MR) is 80.8 cm³/mol. The first-order valence-electron chi connectivity index (χ1n) is 7.47. The highest BCUT2D eigenvalue weighted by atomic mass is 15.1. The summed E-state index contributed by atoms with van der Waals surface area (Å²) in [6.07, 6.45) is 3.84. The van der Waals surface area contributed by atoms with Gasteiger partial charge in [-0.2, -0.15) is 0 Å². The summed E-state index contributed by atoms with van der Waals surface area (Å²) in [6, 6.07) is 7.61. The Morgan fingerprint density at radius 1 is 1.26 bits per heavy atom. The van der Waals surface area contributed by atoms with Crippen LogP contribution in [0.3, 0.4) is 0 Å². The third kappa shape index (κ3) is 2.93. The van der Waals surface area contributed by atoms with E-state index in [0.29, 0.717) is 6.04 Å². The van der Waals surface area contributed by atoms with E-state index < -0.39 is 0 Å². The van der Waals surface area contributed by atoms with Gasteiger partial charge in [0.1, 0.15) is 0 Å². The molecule has 1 unspecified atom stereocenters. The number of likely N-dealkylation sites (N-methyl/N-ethyl adjacent to an activating group) is 2. The molecule has 19 heavy (non-hydrogen) atoms. The van der Waals surface area contributed by atoms with Gasteiger partial charge in [0.2, 0.25) is 0 Å². The second-order valence-corrected chi connectivity index (χ2v) is 6.12. The molecule has 2 heterocycles. The Morgan fingerprint density at radius 2 is 2.16 bits per heavy atom. The molecule has 1 aromatic rings. The lowest BCUT2D eigenvalue weighted by Gasteiger charge is -2.30. The molecule has 1 atom stereocenters. The molecule has 3 nitrogen and oxygen atoms in total. The summed E-state index contributed by atoms with van der Waals surface area (Å²) in [5.74, 6) is 0. The van der Waals surface area contributed by atoms with Gasteiger partial charge in [0, 0.05) is 38.4 Å². The maximum Gasteiger partial charge on any atom is 0.0397 e. The van der Waals surface area contributed by atoms with Gasteiger partial charge in [-0.15, -0.1) is 0 Å². The van der Waals surface area contributed by atoms with Gasteiger partial charge in [-0.3, -0.25) is 0 Å². The molecule has 0 aliphatic carbocycles. The molecule has 1 aromatic carbocycles. The van der Waals surface area contributed by atoms with E-state index in [0.717, 1.165) is 6.54 Å². The lowest BCUT2D eigenvalue weighted by Crippen LogP contribution is -2.43. The van der Waals surface area contributed by atoms with Crippen LogP contribution in [0, 0.1) is 0 Å². The predicted octanol–water partition coefficient (Wildman–Crippen LogP) is 1.86. The SMILES string of the molecule is CN1CCCC(NCc2ccc3c(c2)CCN3C)C1. The van der Waals surface area contributed by atoms with Crippen molar-refractivity contribution in [1.82, 2.24) is 10.2 Å². The fourth-order valence-corrected chi connectivity index (χ4v) is 3.33. The van der Waals surface area contributed by atoms with Crippen LogP contribution in [0.4, 0.5) is 5.69 Å². The molecule has 0 aromatic heterocycles. The molecule has 1 N–H and O–H groups in total. The van der Waals surface area contributed by atoms with Crippen molar-refractivity contribution in [3.05, 3.63) is 29.3 Å². The highest BCUT2D eigenvalue weighted by Crippen LogP contribution is 2.27. The van der Waals surface area contributed by atoms with Crippen molar-refractivity contribution in [3.8, 4) is 0 Å². The first-order valence-corrected chi connectivity index (χ1v) is 7.47. The topological polar surface area (TPSA) is 18.5 Å². The van der Waals surface area contributed by atoms with Crippen LogP contribution in [0.2, 0.25) is 0 Å². The molecule has 3 heteroatoms. The van der Waals surface area contributed by atoms with Crippen LogP contribution in [-0.2, 0) is 13.0 Å². The summed E-state index contributed by atoms with van der Waals surface area (Å²) >= 11 is 0. The van der Waals surface area contributed by atoms with Crippen molar-refractivity contribution in [2.75, 3.05) is 38.6 Å². The largest absolute Gasteiger partial charge is 0.374 e. The zero-order valence-electron chi connectivity index (χ0n) is 12.2. The van der Waals surface area contributed by atoms with Crippen LogP contribution in [0.1, 0.15) is 24.0 Å². The Balaban J connectivity index is 1.58. The molecule has 0 spiro atoms. The fourth-order valence-electron chi connectivity index (χ4n) is 3.33. The third-order valence-electron chi connectivity index (χ3n) is 4.49. The standard InChI is InChI=1S/C16H25N3/c1-18-8-3-4-15(12-18)17-11-13-5-6-16-14(10-13)7-9-19(16)2/h5-6,10,15,17H,3-4,7-9,11-12H2,1-2H3. The van der Waals surface area contributed by atoms with Crippen LogP contribution in [0.25, 0.3) is 0 Å². The van der Waals surface area contributed by atoms with Crippen LogP contribution >= 0.6 is 0 Å². The van der Waals surface area contributed by atoms with Gasteiger partial charge in [0.15, 0.2) is 0 Å². The number of hydrogen-bond acceptors (Lipinski definition) is 3. The quantitative estimate of drug-likeness (QED) is 0.894. The summed E-state index contributed by atoms with van der Waals surface area (Å²) in [6.45, 7) is 4.62. The molecule has 2 aliphatic heterocycles. The van der Waals surface area contributed by atoms with Crippen molar-refractivity contribution in [2.24, 2.45) is 0 Å². The molecule has 1 saturated heterocycles. The molecule has 3 rings (SSSR count). The number of likely N-dealkylation sites (tertiary alicyclic amines) is 1. The second kappa shape index (κ2) is 5.51. The average molecular weight is 259 g/mol. The Bertz CT molecular complexity index is 444. The van der Waals surface area contributed by atoms with Crippen molar-refractivity contribution < 1.29 is 0 Å². The maximum atomic E-state index is 3.72.